The second kappa shape index (κ2) is 10.1. The lowest BCUT2D eigenvalue weighted by Crippen LogP contribution is -2.40. The van der Waals surface area contributed by atoms with Crippen molar-refractivity contribution in [3.8, 4) is 11.4 Å². The Bertz CT molecular complexity index is 1100. The first-order valence-electron chi connectivity index (χ1n) is 10.3. The normalized spacial score (nSPS) is 16.5. The van der Waals surface area contributed by atoms with Gasteiger partial charge in [0.25, 0.3) is 0 Å². The lowest BCUT2D eigenvalue weighted by Gasteiger charge is -2.31. The van der Waals surface area contributed by atoms with Crippen molar-refractivity contribution in [2.45, 2.75) is 19.4 Å². The van der Waals surface area contributed by atoms with Gasteiger partial charge in [-0.15, -0.1) is 0 Å². The third kappa shape index (κ3) is 5.23. The van der Waals surface area contributed by atoms with Gasteiger partial charge in [-0.05, 0) is 55.8 Å². The first kappa shape index (κ1) is 22.2. The van der Waals surface area contributed by atoms with E-state index in [1.54, 1.807) is 24.3 Å². The summed E-state index contributed by atoms with van der Waals surface area (Å²) in [5.74, 6) is 0.248. The number of esters is 1. The number of likely N-dealkylation sites (tertiary alicyclic amines) is 1. The maximum atomic E-state index is 12.9. The van der Waals surface area contributed by atoms with Gasteiger partial charge < -0.3 is 14.6 Å². The summed E-state index contributed by atoms with van der Waals surface area (Å²) in [5.41, 5.74) is 1.67. The van der Waals surface area contributed by atoms with Crippen molar-refractivity contribution < 1.29 is 18.8 Å². The molecule has 1 fully saturated rings. The molecule has 1 aliphatic rings. The lowest BCUT2D eigenvalue weighted by atomic mass is 9.97. The van der Waals surface area contributed by atoms with Gasteiger partial charge in [0.05, 0.1) is 30.8 Å². The number of carbonyl (C=O) groups excluding carboxylic acids is 2. The van der Waals surface area contributed by atoms with Crippen LogP contribution in [0, 0.1) is 5.92 Å². The molecule has 1 N–H and O–H groups in total. The molecule has 0 aliphatic carbocycles. The molecule has 9 heteroatoms. The Labute approximate surface area is 194 Å². The second-order valence-electron chi connectivity index (χ2n) is 7.62. The van der Waals surface area contributed by atoms with E-state index >= 15 is 0 Å². The van der Waals surface area contributed by atoms with Gasteiger partial charge in [0, 0.05) is 16.6 Å². The maximum Gasteiger partial charge on any atom is 0.339 e. The molecule has 1 atom stereocenters. The number of amides is 1. The number of para-hydroxylation sites is 1. The van der Waals surface area contributed by atoms with E-state index < -0.39 is 5.97 Å². The van der Waals surface area contributed by atoms with Crippen molar-refractivity contribution in [2.75, 3.05) is 25.5 Å². The SMILES string of the molecule is COC(=O)c1ccccc1NC(=O)C1CCCN(Cc2nc(-c3ccc(Br)cc3)no2)C1. The van der Waals surface area contributed by atoms with Crippen LogP contribution in [0.15, 0.2) is 57.5 Å². The fourth-order valence-electron chi connectivity index (χ4n) is 3.75. The minimum Gasteiger partial charge on any atom is -0.465 e. The fraction of sp³-hybridized carbons (Fsp3) is 0.304. The molecule has 2 aromatic carbocycles. The standard InChI is InChI=1S/C23H23BrN4O4/c1-31-23(30)18-6-2-3-7-19(18)25-22(29)16-5-4-12-28(13-16)14-20-26-21(27-32-20)15-8-10-17(24)11-9-15/h2-3,6-11,16H,4-5,12-14H2,1H3,(H,25,29). The number of rotatable bonds is 6. The molecule has 0 spiro atoms. The lowest BCUT2D eigenvalue weighted by molar-refractivity contribution is -0.121. The Kier molecular flexibility index (Phi) is 6.96. The van der Waals surface area contributed by atoms with Crippen molar-refractivity contribution in [3.63, 3.8) is 0 Å². The molecule has 32 heavy (non-hydrogen) atoms. The quantitative estimate of drug-likeness (QED) is 0.510. The van der Waals surface area contributed by atoms with E-state index in [2.05, 4.69) is 36.3 Å². The molecule has 1 amide bonds. The number of aromatic nitrogens is 2. The van der Waals surface area contributed by atoms with E-state index in [0.29, 0.717) is 36.1 Å². The van der Waals surface area contributed by atoms with E-state index in [0.717, 1.165) is 29.4 Å². The Morgan fingerprint density at radius 1 is 1.22 bits per heavy atom. The summed E-state index contributed by atoms with van der Waals surface area (Å²) in [6.07, 6.45) is 1.65. The van der Waals surface area contributed by atoms with Crippen LogP contribution in [0.4, 0.5) is 5.69 Å². The molecule has 0 bridgehead atoms. The van der Waals surface area contributed by atoms with Crippen LogP contribution in [0.25, 0.3) is 11.4 Å². The Hall–Kier alpha value is -3.04. The number of piperidine rings is 1. The highest BCUT2D eigenvalue weighted by molar-refractivity contribution is 9.10. The number of nitrogens with zero attached hydrogens (tertiary/aromatic N) is 3. The predicted octanol–water partition coefficient (Wildman–Crippen LogP) is 4.14. The number of nitrogens with one attached hydrogen (secondary N) is 1. The third-order valence-corrected chi connectivity index (χ3v) is 5.92. The van der Waals surface area contributed by atoms with Gasteiger partial charge in [0.1, 0.15) is 0 Å². The summed E-state index contributed by atoms with van der Waals surface area (Å²) < 4.78 is 11.2. The Morgan fingerprint density at radius 3 is 2.78 bits per heavy atom. The zero-order chi connectivity index (χ0) is 22.5. The van der Waals surface area contributed by atoms with Crippen LogP contribution in [0.1, 0.15) is 29.1 Å². The zero-order valence-corrected chi connectivity index (χ0v) is 19.2. The molecule has 1 saturated heterocycles. The third-order valence-electron chi connectivity index (χ3n) is 5.40. The first-order chi connectivity index (χ1) is 15.5. The van der Waals surface area contributed by atoms with Crippen LogP contribution >= 0.6 is 15.9 Å². The highest BCUT2D eigenvalue weighted by atomic mass is 79.9. The first-order valence-corrected chi connectivity index (χ1v) is 11.1. The smallest absolute Gasteiger partial charge is 0.339 e. The summed E-state index contributed by atoms with van der Waals surface area (Å²) >= 11 is 3.42. The van der Waals surface area contributed by atoms with Crippen LogP contribution in [0.3, 0.4) is 0 Å². The largest absolute Gasteiger partial charge is 0.465 e. The highest BCUT2D eigenvalue weighted by Crippen LogP contribution is 2.23. The summed E-state index contributed by atoms with van der Waals surface area (Å²) in [4.78, 5) is 31.5. The molecule has 8 nitrogen and oxygen atoms in total. The summed E-state index contributed by atoms with van der Waals surface area (Å²) in [5, 5.41) is 6.96. The van der Waals surface area contributed by atoms with E-state index in [-0.39, 0.29) is 11.8 Å². The molecular formula is C23H23BrN4O4. The summed E-state index contributed by atoms with van der Waals surface area (Å²) in [6.45, 7) is 1.90. The highest BCUT2D eigenvalue weighted by Gasteiger charge is 2.28. The zero-order valence-electron chi connectivity index (χ0n) is 17.6. The number of benzene rings is 2. The van der Waals surface area contributed by atoms with Gasteiger partial charge in [-0.25, -0.2) is 4.79 Å². The summed E-state index contributed by atoms with van der Waals surface area (Å²) in [6, 6.07) is 14.5. The minimum atomic E-state index is -0.482. The van der Waals surface area contributed by atoms with Gasteiger partial charge >= 0.3 is 5.97 Å². The maximum absolute atomic E-state index is 12.9. The predicted molar refractivity (Wildman–Crippen MR) is 122 cm³/mol. The van der Waals surface area contributed by atoms with E-state index in [4.69, 9.17) is 9.26 Å². The molecular weight excluding hydrogens is 476 g/mol. The molecule has 4 rings (SSSR count). The average Bonchev–Trinajstić information content (AvgIpc) is 3.28. The average molecular weight is 499 g/mol. The minimum absolute atomic E-state index is 0.118. The second-order valence-corrected chi connectivity index (χ2v) is 8.53. The number of anilines is 1. The Balaban J connectivity index is 1.38. The van der Waals surface area contributed by atoms with Crippen molar-refractivity contribution in [1.29, 1.82) is 0 Å². The van der Waals surface area contributed by atoms with Crippen molar-refractivity contribution in [2.24, 2.45) is 5.92 Å². The van der Waals surface area contributed by atoms with Crippen molar-refractivity contribution >= 4 is 33.5 Å². The molecule has 1 aliphatic heterocycles. The van der Waals surface area contributed by atoms with Gasteiger partial charge in [-0.2, -0.15) is 4.98 Å². The molecule has 166 valence electrons. The number of hydrogen-bond donors (Lipinski definition) is 1. The van der Waals surface area contributed by atoms with Crippen LogP contribution < -0.4 is 5.32 Å². The van der Waals surface area contributed by atoms with Crippen LogP contribution in [0.2, 0.25) is 0 Å². The van der Waals surface area contributed by atoms with Gasteiger partial charge in [0.2, 0.25) is 17.6 Å². The van der Waals surface area contributed by atoms with Crippen molar-refractivity contribution in [1.82, 2.24) is 15.0 Å². The molecule has 2 heterocycles. The van der Waals surface area contributed by atoms with Gasteiger partial charge in [0.15, 0.2) is 0 Å². The van der Waals surface area contributed by atoms with E-state index in [1.807, 2.05) is 24.3 Å². The van der Waals surface area contributed by atoms with Crippen LogP contribution in [-0.2, 0) is 16.1 Å². The van der Waals surface area contributed by atoms with Crippen LogP contribution in [0.5, 0.6) is 0 Å². The molecule has 1 aromatic heterocycles. The van der Waals surface area contributed by atoms with E-state index in [1.165, 1.54) is 7.11 Å². The number of methoxy groups -OCH3 is 1. The van der Waals surface area contributed by atoms with Gasteiger partial charge in [-0.3, -0.25) is 9.69 Å². The monoisotopic (exact) mass is 498 g/mol. The molecule has 0 radical (unpaired) electrons. The Morgan fingerprint density at radius 2 is 2.00 bits per heavy atom. The fourth-order valence-corrected chi connectivity index (χ4v) is 4.02. The van der Waals surface area contributed by atoms with Crippen molar-refractivity contribution in [3.05, 3.63) is 64.5 Å². The molecule has 1 unspecified atom stereocenters. The van der Waals surface area contributed by atoms with E-state index in [9.17, 15) is 9.59 Å². The molecule has 3 aromatic rings. The van der Waals surface area contributed by atoms with Gasteiger partial charge in [-0.1, -0.05) is 33.2 Å². The topological polar surface area (TPSA) is 97.6 Å². The number of carbonyl (C=O) groups is 2. The molecule has 0 saturated carbocycles. The summed E-state index contributed by atoms with van der Waals surface area (Å²) in [7, 11) is 1.32. The number of halogens is 1. The number of ether oxygens (including phenoxy) is 1. The van der Waals surface area contributed by atoms with Crippen LogP contribution in [-0.4, -0.2) is 47.1 Å². The number of hydrogen-bond acceptors (Lipinski definition) is 7.